The van der Waals surface area contributed by atoms with Crippen LogP contribution < -0.4 is 25.6 Å². The summed E-state index contributed by atoms with van der Waals surface area (Å²) in [6, 6.07) is 13.6. The zero-order valence-corrected chi connectivity index (χ0v) is 17.5. The number of hydrogen-bond acceptors (Lipinski definition) is 5. The van der Waals surface area contributed by atoms with Crippen LogP contribution in [0.4, 0.5) is 0 Å². The zero-order valence-electron chi connectivity index (χ0n) is 16.7. The molecule has 0 fully saturated rings. The smallest absolute Gasteiger partial charge is 0.273 e. The van der Waals surface area contributed by atoms with Crippen molar-refractivity contribution in [2.45, 2.75) is 33.3 Å². The van der Waals surface area contributed by atoms with Gasteiger partial charge in [-0.25, -0.2) is 0 Å². The fourth-order valence-electron chi connectivity index (χ4n) is 2.34. The number of rotatable bonds is 7. The maximum atomic E-state index is 12.4. The monoisotopic (exact) mass is 415 g/mol. The Labute approximate surface area is 175 Å². The number of benzene rings is 2. The number of nitrogens with one attached hydrogen (secondary N) is 3. The fraction of sp³-hybridized carbons (Fsp3) is 0.286. The molecule has 154 valence electrons. The van der Waals surface area contributed by atoms with Gasteiger partial charge in [0, 0.05) is 5.56 Å². The Hall–Kier alpha value is -3.13. The molecule has 2 aromatic rings. The van der Waals surface area contributed by atoms with Crippen molar-refractivity contribution in [1.82, 2.24) is 16.2 Å². The first kappa shape index (κ1) is 22.2. The molecule has 2 rings (SSSR count). The van der Waals surface area contributed by atoms with Crippen LogP contribution in [-0.4, -0.2) is 29.6 Å². The molecule has 0 atom stereocenters. The van der Waals surface area contributed by atoms with Crippen molar-refractivity contribution in [1.29, 1.82) is 0 Å². The van der Waals surface area contributed by atoms with Crippen molar-refractivity contribution in [2.24, 2.45) is 0 Å². The molecule has 0 aliphatic rings. The minimum atomic E-state index is -0.427. The topological polar surface area (TPSA) is 88.7 Å². The number of hydrazine groups is 1. The van der Waals surface area contributed by atoms with E-state index in [0.29, 0.717) is 29.2 Å². The van der Waals surface area contributed by atoms with Gasteiger partial charge in [0.2, 0.25) is 0 Å². The van der Waals surface area contributed by atoms with E-state index in [1.54, 1.807) is 48.5 Å². The summed E-state index contributed by atoms with van der Waals surface area (Å²) < 4.78 is 11.1. The SMILES string of the molecule is CCCOc1ccccc1C(=O)NNC(=S)NC(=O)c1ccc(OC(C)C)cc1. The second-order valence-electron chi connectivity index (χ2n) is 6.40. The van der Waals surface area contributed by atoms with Gasteiger partial charge in [-0.3, -0.25) is 25.8 Å². The molecule has 7 nitrogen and oxygen atoms in total. The highest BCUT2D eigenvalue weighted by atomic mass is 32.1. The zero-order chi connectivity index (χ0) is 21.2. The maximum Gasteiger partial charge on any atom is 0.273 e. The van der Waals surface area contributed by atoms with Gasteiger partial charge in [-0.15, -0.1) is 0 Å². The standard InChI is InChI=1S/C21H25N3O4S/c1-4-13-27-18-8-6-5-7-17(18)20(26)23-24-21(29)22-19(25)15-9-11-16(12-10-15)28-14(2)3/h5-12,14H,4,13H2,1-3H3,(H,23,26)(H2,22,24,25,29). The molecular weight excluding hydrogens is 390 g/mol. The highest BCUT2D eigenvalue weighted by molar-refractivity contribution is 7.80. The first-order valence-electron chi connectivity index (χ1n) is 9.31. The quantitative estimate of drug-likeness (QED) is 0.475. The van der Waals surface area contributed by atoms with E-state index in [0.717, 1.165) is 6.42 Å². The van der Waals surface area contributed by atoms with Crippen molar-refractivity contribution in [3.8, 4) is 11.5 Å². The van der Waals surface area contributed by atoms with Gasteiger partial charge in [-0.05, 0) is 68.9 Å². The second-order valence-corrected chi connectivity index (χ2v) is 6.81. The Bertz CT molecular complexity index is 853. The van der Waals surface area contributed by atoms with Gasteiger partial charge >= 0.3 is 0 Å². The molecule has 8 heteroatoms. The van der Waals surface area contributed by atoms with Crippen LogP contribution in [0.15, 0.2) is 48.5 Å². The third kappa shape index (κ3) is 7.08. The number of thiocarbonyl (C=S) groups is 1. The van der Waals surface area contributed by atoms with Gasteiger partial charge < -0.3 is 9.47 Å². The highest BCUT2D eigenvalue weighted by Crippen LogP contribution is 2.17. The number of hydrogen-bond donors (Lipinski definition) is 3. The lowest BCUT2D eigenvalue weighted by Crippen LogP contribution is -2.48. The minimum absolute atomic E-state index is 0.0298. The van der Waals surface area contributed by atoms with E-state index in [-0.39, 0.29) is 11.2 Å². The summed E-state index contributed by atoms with van der Waals surface area (Å²) in [6.45, 7) is 6.34. The molecule has 2 aromatic carbocycles. The average Bonchev–Trinajstić information content (AvgIpc) is 2.70. The van der Waals surface area contributed by atoms with Crippen LogP contribution in [-0.2, 0) is 0 Å². The van der Waals surface area contributed by atoms with Crippen molar-refractivity contribution < 1.29 is 19.1 Å². The van der Waals surface area contributed by atoms with Crippen molar-refractivity contribution >= 4 is 29.1 Å². The molecule has 0 aliphatic carbocycles. The molecule has 0 saturated heterocycles. The normalized spacial score (nSPS) is 10.2. The largest absolute Gasteiger partial charge is 0.493 e. The number of carbonyl (C=O) groups excluding carboxylic acids is 2. The van der Waals surface area contributed by atoms with E-state index >= 15 is 0 Å². The Balaban J connectivity index is 1.88. The van der Waals surface area contributed by atoms with E-state index < -0.39 is 11.8 Å². The third-order valence-corrected chi connectivity index (χ3v) is 3.80. The molecule has 0 spiro atoms. The molecule has 2 amide bonds. The van der Waals surface area contributed by atoms with Gasteiger partial charge in [-0.1, -0.05) is 19.1 Å². The molecule has 0 heterocycles. The van der Waals surface area contributed by atoms with Crippen LogP contribution >= 0.6 is 12.2 Å². The summed E-state index contributed by atoms with van der Waals surface area (Å²) in [5, 5.41) is 2.48. The lowest BCUT2D eigenvalue weighted by Gasteiger charge is -2.13. The summed E-state index contributed by atoms with van der Waals surface area (Å²) in [5.41, 5.74) is 5.76. The van der Waals surface area contributed by atoms with Gasteiger partial charge in [0.15, 0.2) is 5.11 Å². The number of ether oxygens (including phenoxy) is 2. The molecule has 0 saturated carbocycles. The summed E-state index contributed by atoms with van der Waals surface area (Å²) in [7, 11) is 0. The fourth-order valence-corrected chi connectivity index (χ4v) is 2.48. The molecule has 0 radical (unpaired) electrons. The van der Waals surface area contributed by atoms with Crippen LogP contribution in [0, 0.1) is 0 Å². The number of amides is 2. The van der Waals surface area contributed by atoms with Gasteiger partial charge in [0.25, 0.3) is 11.8 Å². The van der Waals surface area contributed by atoms with Crippen LogP contribution in [0.5, 0.6) is 11.5 Å². The predicted molar refractivity (Wildman–Crippen MR) is 115 cm³/mol. The number of para-hydroxylation sites is 1. The lowest BCUT2D eigenvalue weighted by molar-refractivity contribution is 0.0931. The summed E-state index contributed by atoms with van der Waals surface area (Å²) >= 11 is 5.07. The van der Waals surface area contributed by atoms with Gasteiger partial charge in [0.05, 0.1) is 18.3 Å². The van der Waals surface area contributed by atoms with Gasteiger partial charge in [-0.2, -0.15) is 0 Å². The van der Waals surface area contributed by atoms with E-state index in [1.165, 1.54) is 0 Å². The molecule has 29 heavy (non-hydrogen) atoms. The van der Waals surface area contributed by atoms with Crippen molar-refractivity contribution in [3.63, 3.8) is 0 Å². The molecule has 0 bridgehead atoms. The number of carbonyl (C=O) groups is 2. The average molecular weight is 416 g/mol. The summed E-state index contributed by atoms with van der Waals surface area (Å²) in [6.07, 6.45) is 0.877. The third-order valence-electron chi connectivity index (χ3n) is 3.60. The second kappa shape index (κ2) is 11.0. The highest BCUT2D eigenvalue weighted by Gasteiger charge is 2.13. The summed E-state index contributed by atoms with van der Waals surface area (Å²) in [4.78, 5) is 24.6. The Morgan fingerprint density at radius 2 is 1.69 bits per heavy atom. The van der Waals surface area contributed by atoms with E-state index in [9.17, 15) is 9.59 Å². The first-order valence-corrected chi connectivity index (χ1v) is 9.71. The molecule has 3 N–H and O–H groups in total. The van der Waals surface area contributed by atoms with Gasteiger partial charge in [0.1, 0.15) is 11.5 Å². The Morgan fingerprint density at radius 1 is 1.00 bits per heavy atom. The molecule has 0 aliphatic heterocycles. The van der Waals surface area contributed by atoms with E-state index in [4.69, 9.17) is 21.7 Å². The lowest BCUT2D eigenvalue weighted by atomic mass is 10.2. The van der Waals surface area contributed by atoms with Crippen LogP contribution in [0.1, 0.15) is 47.9 Å². The predicted octanol–water partition coefficient (Wildman–Crippen LogP) is 3.21. The Morgan fingerprint density at radius 3 is 2.34 bits per heavy atom. The first-order chi connectivity index (χ1) is 13.9. The van der Waals surface area contributed by atoms with Crippen molar-refractivity contribution in [2.75, 3.05) is 6.61 Å². The maximum absolute atomic E-state index is 12.4. The molecule has 0 aromatic heterocycles. The molecule has 0 unspecified atom stereocenters. The van der Waals surface area contributed by atoms with Crippen LogP contribution in [0.2, 0.25) is 0 Å². The van der Waals surface area contributed by atoms with Crippen LogP contribution in [0.3, 0.4) is 0 Å². The summed E-state index contributed by atoms with van der Waals surface area (Å²) in [5.74, 6) is 0.323. The van der Waals surface area contributed by atoms with E-state index in [2.05, 4.69) is 16.2 Å². The minimum Gasteiger partial charge on any atom is -0.493 e. The van der Waals surface area contributed by atoms with Crippen LogP contribution in [0.25, 0.3) is 0 Å². The Kier molecular flexibility index (Phi) is 8.42. The van der Waals surface area contributed by atoms with Crippen molar-refractivity contribution in [3.05, 3.63) is 59.7 Å². The van der Waals surface area contributed by atoms with E-state index in [1.807, 2.05) is 20.8 Å². The molecular formula is C21H25N3O4S.